The Bertz CT molecular complexity index is 1310. The SMILES string of the molecule is CCc1cc(Oc2cc(F)cc(C(C)NC(=O)c3ccc(C(F)(F)F)cc3Cl)c2)ccc1CCC(=O)O. The molecule has 0 spiro atoms. The summed E-state index contributed by atoms with van der Waals surface area (Å²) in [5, 5.41) is 11.2. The summed E-state index contributed by atoms with van der Waals surface area (Å²) in [7, 11) is 0. The maximum Gasteiger partial charge on any atom is 0.416 e. The first-order valence-corrected chi connectivity index (χ1v) is 11.7. The van der Waals surface area contributed by atoms with Crippen LogP contribution < -0.4 is 10.1 Å². The number of carboxylic acids is 1. The molecule has 0 aliphatic rings. The first-order valence-electron chi connectivity index (χ1n) is 11.4. The largest absolute Gasteiger partial charge is 0.481 e. The van der Waals surface area contributed by atoms with Crippen LogP contribution in [0.2, 0.25) is 5.02 Å². The van der Waals surface area contributed by atoms with Gasteiger partial charge < -0.3 is 15.2 Å². The van der Waals surface area contributed by atoms with Crippen LogP contribution in [0.15, 0.2) is 54.6 Å². The molecule has 2 N–H and O–H groups in total. The van der Waals surface area contributed by atoms with E-state index in [1.165, 1.54) is 18.2 Å². The fraction of sp³-hybridized carbons (Fsp3) is 0.259. The summed E-state index contributed by atoms with van der Waals surface area (Å²) in [5.74, 6) is -1.63. The molecule has 3 aromatic carbocycles. The van der Waals surface area contributed by atoms with Crippen molar-refractivity contribution in [2.45, 2.75) is 45.3 Å². The Morgan fingerprint density at radius 1 is 1.03 bits per heavy atom. The molecule has 0 radical (unpaired) electrons. The van der Waals surface area contributed by atoms with Gasteiger partial charge in [0, 0.05) is 12.5 Å². The van der Waals surface area contributed by atoms with E-state index in [1.807, 2.05) is 6.92 Å². The number of amides is 1. The zero-order chi connectivity index (χ0) is 27.3. The van der Waals surface area contributed by atoms with Crippen molar-refractivity contribution in [1.82, 2.24) is 5.32 Å². The molecule has 10 heteroatoms. The molecule has 3 rings (SSSR count). The van der Waals surface area contributed by atoms with Gasteiger partial charge in [-0.2, -0.15) is 13.2 Å². The molecule has 0 aliphatic carbocycles. The zero-order valence-electron chi connectivity index (χ0n) is 20.0. The molecule has 0 heterocycles. The second-order valence-corrected chi connectivity index (χ2v) is 8.79. The van der Waals surface area contributed by atoms with Gasteiger partial charge in [-0.25, -0.2) is 4.39 Å². The number of hydrogen-bond donors (Lipinski definition) is 2. The molecule has 0 bridgehead atoms. The van der Waals surface area contributed by atoms with E-state index in [4.69, 9.17) is 21.4 Å². The highest BCUT2D eigenvalue weighted by molar-refractivity contribution is 6.33. The molecule has 5 nitrogen and oxygen atoms in total. The van der Waals surface area contributed by atoms with E-state index in [0.717, 1.165) is 23.3 Å². The number of hydrogen-bond acceptors (Lipinski definition) is 3. The standard InChI is InChI=1S/C27H24ClF4NO4/c1-3-16-11-21(7-4-17(16)5-9-25(34)35)37-22-12-18(10-20(29)14-22)15(2)33-26(36)23-8-6-19(13-24(23)28)27(30,31)32/h4,6-8,10-15H,3,5,9H2,1-2H3,(H,33,36)(H,34,35). The fourth-order valence-corrected chi connectivity index (χ4v) is 4.01. The van der Waals surface area contributed by atoms with Crippen molar-refractivity contribution in [2.75, 3.05) is 0 Å². The number of alkyl halides is 3. The fourth-order valence-electron chi connectivity index (χ4n) is 3.74. The van der Waals surface area contributed by atoms with Gasteiger partial charge in [0.15, 0.2) is 0 Å². The third-order valence-corrected chi connectivity index (χ3v) is 6.00. The molecule has 1 amide bonds. The number of carbonyl (C=O) groups excluding carboxylic acids is 1. The van der Waals surface area contributed by atoms with Crippen LogP contribution in [0.5, 0.6) is 11.5 Å². The van der Waals surface area contributed by atoms with E-state index < -0.39 is 35.5 Å². The second kappa shape index (κ2) is 11.6. The number of aryl methyl sites for hydroxylation is 2. The topological polar surface area (TPSA) is 75.6 Å². The van der Waals surface area contributed by atoms with Crippen LogP contribution in [0.3, 0.4) is 0 Å². The minimum atomic E-state index is -4.60. The lowest BCUT2D eigenvalue weighted by Gasteiger charge is -2.17. The summed E-state index contributed by atoms with van der Waals surface area (Å²) in [5.41, 5.74) is 1.03. The van der Waals surface area contributed by atoms with Gasteiger partial charge >= 0.3 is 12.1 Å². The highest BCUT2D eigenvalue weighted by Gasteiger charge is 2.31. The maximum absolute atomic E-state index is 14.4. The molecule has 0 saturated carbocycles. The lowest BCUT2D eigenvalue weighted by molar-refractivity contribution is -0.138. The summed E-state index contributed by atoms with van der Waals surface area (Å²) in [6.07, 6.45) is -3.57. The number of ether oxygens (including phenoxy) is 1. The summed E-state index contributed by atoms with van der Waals surface area (Å²) in [4.78, 5) is 23.5. The minimum absolute atomic E-state index is 0.00174. The van der Waals surface area contributed by atoms with Crippen molar-refractivity contribution < 1.29 is 37.0 Å². The molecular formula is C27H24ClF4NO4. The van der Waals surface area contributed by atoms with E-state index in [0.29, 0.717) is 30.2 Å². The Balaban J connectivity index is 1.76. The van der Waals surface area contributed by atoms with Gasteiger partial charge in [0.05, 0.1) is 22.2 Å². The molecule has 0 aliphatic heterocycles. The third kappa shape index (κ3) is 7.45. The van der Waals surface area contributed by atoms with E-state index in [9.17, 15) is 27.2 Å². The first kappa shape index (κ1) is 28.0. The molecule has 0 fully saturated rings. The van der Waals surface area contributed by atoms with Gasteiger partial charge in [0.25, 0.3) is 5.91 Å². The van der Waals surface area contributed by atoms with Gasteiger partial charge in [0.2, 0.25) is 0 Å². The minimum Gasteiger partial charge on any atom is -0.481 e. The van der Waals surface area contributed by atoms with Crippen LogP contribution in [0.25, 0.3) is 0 Å². The van der Waals surface area contributed by atoms with Crippen LogP contribution in [-0.2, 0) is 23.8 Å². The molecule has 1 unspecified atom stereocenters. The Hall–Kier alpha value is -3.59. The van der Waals surface area contributed by atoms with E-state index in [2.05, 4.69) is 5.32 Å². The molecule has 3 aromatic rings. The number of halogens is 5. The highest BCUT2D eigenvalue weighted by Crippen LogP contribution is 2.33. The van der Waals surface area contributed by atoms with Gasteiger partial charge in [-0.15, -0.1) is 0 Å². The van der Waals surface area contributed by atoms with Crippen LogP contribution in [0.1, 0.15) is 58.9 Å². The van der Waals surface area contributed by atoms with E-state index in [1.54, 1.807) is 25.1 Å². The lowest BCUT2D eigenvalue weighted by Crippen LogP contribution is -2.27. The van der Waals surface area contributed by atoms with E-state index >= 15 is 0 Å². The lowest BCUT2D eigenvalue weighted by atomic mass is 10.0. The number of rotatable bonds is 9. The average Bonchev–Trinajstić information content (AvgIpc) is 2.81. The van der Waals surface area contributed by atoms with Crippen LogP contribution >= 0.6 is 11.6 Å². The Morgan fingerprint density at radius 3 is 2.38 bits per heavy atom. The van der Waals surface area contributed by atoms with Crippen molar-refractivity contribution in [2.24, 2.45) is 0 Å². The number of benzene rings is 3. The second-order valence-electron chi connectivity index (χ2n) is 8.39. The summed E-state index contributed by atoms with van der Waals surface area (Å²) < 4.78 is 58.8. The predicted molar refractivity (Wildman–Crippen MR) is 131 cm³/mol. The molecule has 196 valence electrons. The number of aliphatic carboxylic acids is 1. The normalized spacial score (nSPS) is 12.2. The predicted octanol–water partition coefficient (Wildman–Crippen LogP) is 7.36. The molecular weight excluding hydrogens is 514 g/mol. The van der Waals surface area contributed by atoms with Crippen molar-refractivity contribution in [3.8, 4) is 11.5 Å². The van der Waals surface area contributed by atoms with Crippen LogP contribution in [0, 0.1) is 5.82 Å². The number of carbonyl (C=O) groups is 2. The third-order valence-electron chi connectivity index (χ3n) is 5.68. The highest BCUT2D eigenvalue weighted by atomic mass is 35.5. The summed E-state index contributed by atoms with van der Waals surface area (Å²) >= 11 is 5.90. The molecule has 1 atom stereocenters. The van der Waals surface area contributed by atoms with Crippen molar-refractivity contribution in [3.63, 3.8) is 0 Å². The van der Waals surface area contributed by atoms with Crippen molar-refractivity contribution >= 4 is 23.5 Å². The molecule has 0 aromatic heterocycles. The van der Waals surface area contributed by atoms with Crippen LogP contribution in [-0.4, -0.2) is 17.0 Å². The Labute approximate surface area is 216 Å². The van der Waals surface area contributed by atoms with Gasteiger partial charge in [-0.1, -0.05) is 24.6 Å². The van der Waals surface area contributed by atoms with Crippen molar-refractivity contribution in [3.05, 3.63) is 93.3 Å². The number of carboxylic acid groups (broad SMARTS) is 1. The number of nitrogens with one attached hydrogen (secondary N) is 1. The Morgan fingerprint density at radius 2 is 1.76 bits per heavy atom. The zero-order valence-corrected chi connectivity index (χ0v) is 20.7. The van der Waals surface area contributed by atoms with Gasteiger partial charge in [-0.05, 0) is 78.9 Å². The molecule has 0 saturated heterocycles. The van der Waals surface area contributed by atoms with E-state index in [-0.39, 0.29) is 22.8 Å². The Kier molecular flexibility index (Phi) is 8.81. The average molecular weight is 538 g/mol. The first-order chi connectivity index (χ1) is 17.4. The molecule has 37 heavy (non-hydrogen) atoms. The monoisotopic (exact) mass is 537 g/mol. The quantitative estimate of drug-likeness (QED) is 0.280. The van der Waals surface area contributed by atoms with Gasteiger partial charge in [-0.3, -0.25) is 9.59 Å². The maximum atomic E-state index is 14.4. The smallest absolute Gasteiger partial charge is 0.416 e. The van der Waals surface area contributed by atoms with Crippen LogP contribution in [0.4, 0.5) is 17.6 Å². The summed E-state index contributed by atoms with van der Waals surface area (Å²) in [6.45, 7) is 3.51. The summed E-state index contributed by atoms with van der Waals surface area (Å²) in [6, 6.07) is 10.8. The van der Waals surface area contributed by atoms with Gasteiger partial charge in [0.1, 0.15) is 17.3 Å². The van der Waals surface area contributed by atoms with Crippen molar-refractivity contribution in [1.29, 1.82) is 0 Å².